The molecule has 4 N–H and O–H groups in total. The van der Waals surface area contributed by atoms with Crippen LogP contribution < -0.4 is 16.0 Å². The summed E-state index contributed by atoms with van der Waals surface area (Å²) in [5.41, 5.74) is 0.931. The van der Waals surface area contributed by atoms with Crippen molar-refractivity contribution in [2.45, 2.75) is 77.4 Å². The third kappa shape index (κ3) is 12.1. The molecule has 3 unspecified atom stereocenters. The van der Waals surface area contributed by atoms with Crippen LogP contribution in [0.4, 0.5) is 4.79 Å². The summed E-state index contributed by atoms with van der Waals surface area (Å²) in [5.74, 6) is -2.11. The Bertz CT molecular complexity index is 1470. The molecule has 240 valence electrons. The number of hydrogen-bond donors (Lipinski definition) is 4. The van der Waals surface area contributed by atoms with Crippen LogP contribution in [0.3, 0.4) is 0 Å². The maximum absolute atomic E-state index is 13.4. The van der Waals surface area contributed by atoms with Crippen LogP contribution in [0.5, 0.6) is 0 Å². The van der Waals surface area contributed by atoms with E-state index in [2.05, 4.69) is 16.0 Å². The molecule has 3 atom stereocenters. The van der Waals surface area contributed by atoms with E-state index in [9.17, 15) is 24.3 Å². The highest BCUT2D eigenvalue weighted by molar-refractivity contribution is 5.89. The zero-order valence-corrected chi connectivity index (χ0v) is 26.2. The van der Waals surface area contributed by atoms with Gasteiger partial charge in [0.15, 0.2) is 6.10 Å². The minimum Gasteiger partial charge on any atom is -0.460 e. The summed E-state index contributed by atoms with van der Waals surface area (Å²) in [6.07, 6.45) is 2.13. The molecule has 0 spiro atoms. The molecule has 3 amide bonds. The number of fused-ring (bicyclic) bond motifs is 1. The number of amides is 3. The maximum Gasteiger partial charge on any atom is 0.408 e. The van der Waals surface area contributed by atoms with Crippen LogP contribution in [-0.2, 0) is 30.5 Å². The standard InChI is InChI=1S/C35H43N3O7/c1-5-12-28(31(40)33(42)36-22-30(39)44-23-25-13-7-6-8-14-25)37-32(41)29(38-34(43)45-35(2,3)4)18-11-15-24-19-20-26-16-9-10-17-27(26)21-24/h6-11,13-17,19-21,28-29,31,40H,5,12,18,22-23H2,1-4H3,(H,36,42)(H,37,41)(H,38,43)/b15-11+. The minimum absolute atomic E-state index is 0.0496. The average Bonchev–Trinajstić information content (AvgIpc) is 3.01. The van der Waals surface area contributed by atoms with E-state index >= 15 is 0 Å². The molecule has 3 aromatic carbocycles. The average molecular weight is 618 g/mol. The van der Waals surface area contributed by atoms with Gasteiger partial charge in [0.1, 0.15) is 24.8 Å². The summed E-state index contributed by atoms with van der Waals surface area (Å²) in [7, 11) is 0. The number of benzene rings is 3. The molecule has 0 heterocycles. The second kappa shape index (κ2) is 17.0. The van der Waals surface area contributed by atoms with Crippen molar-refractivity contribution in [1.29, 1.82) is 0 Å². The molecule has 0 aromatic heterocycles. The molecule has 0 saturated carbocycles. The van der Waals surface area contributed by atoms with E-state index in [4.69, 9.17) is 9.47 Å². The Morgan fingerprint density at radius 2 is 1.58 bits per heavy atom. The van der Waals surface area contributed by atoms with Gasteiger partial charge in [-0.05, 0) is 61.6 Å². The van der Waals surface area contributed by atoms with Crippen molar-refractivity contribution >= 4 is 40.7 Å². The second-order valence-corrected chi connectivity index (χ2v) is 11.7. The lowest BCUT2D eigenvalue weighted by atomic mass is 10.0. The topological polar surface area (TPSA) is 143 Å². The van der Waals surface area contributed by atoms with Crippen molar-refractivity contribution in [2.75, 3.05) is 6.54 Å². The number of alkyl carbamates (subject to hydrolysis) is 1. The monoisotopic (exact) mass is 617 g/mol. The second-order valence-electron chi connectivity index (χ2n) is 11.7. The molecule has 0 saturated heterocycles. The SMILES string of the molecule is CCCC(NC(=O)C(C/C=C/c1ccc2ccccc2c1)NC(=O)OC(C)(C)C)C(O)C(=O)NCC(=O)OCc1ccccc1. The number of carbonyl (C=O) groups excluding carboxylic acids is 4. The van der Waals surface area contributed by atoms with Crippen LogP contribution in [-0.4, -0.2) is 59.3 Å². The van der Waals surface area contributed by atoms with E-state index in [1.807, 2.05) is 73.7 Å². The molecule has 3 aromatic rings. The number of esters is 1. The fraction of sp³-hybridized carbons (Fsp3) is 0.371. The van der Waals surface area contributed by atoms with Gasteiger partial charge in [-0.2, -0.15) is 0 Å². The van der Waals surface area contributed by atoms with Gasteiger partial charge in [-0.3, -0.25) is 14.4 Å². The van der Waals surface area contributed by atoms with Gasteiger partial charge in [-0.1, -0.05) is 92.2 Å². The van der Waals surface area contributed by atoms with Crippen LogP contribution in [0.1, 0.15) is 58.1 Å². The Balaban J connectivity index is 1.64. The van der Waals surface area contributed by atoms with Gasteiger partial charge in [0.2, 0.25) is 5.91 Å². The number of ether oxygens (including phenoxy) is 2. The minimum atomic E-state index is -1.65. The summed E-state index contributed by atoms with van der Waals surface area (Å²) >= 11 is 0. The van der Waals surface area contributed by atoms with Crippen LogP contribution in [0, 0.1) is 0 Å². The van der Waals surface area contributed by atoms with Gasteiger partial charge >= 0.3 is 12.1 Å². The molecule has 3 rings (SSSR count). The van der Waals surface area contributed by atoms with Crippen molar-refractivity contribution in [2.24, 2.45) is 0 Å². The predicted octanol–water partition coefficient (Wildman–Crippen LogP) is 4.64. The predicted molar refractivity (Wildman–Crippen MR) is 173 cm³/mol. The quantitative estimate of drug-likeness (QED) is 0.193. The molecular formula is C35H43N3O7. The van der Waals surface area contributed by atoms with E-state index in [-0.39, 0.29) is 19.4 Å². The first kappa shape index (κ1) is 34.8. The highest BCUT2D eigenvalue weighted by Gasteiger charge is 2.31. The lowest BCUT2D eigenvalue weighted by Gasteiger charge is -2.27. The third-order valence-electron chi connectivity index (χ3n) is 6.69. The highest BCUT2D eigenvalue weighted by Crippen LogP contribution is 2.17. The van der Waals surface area contributed by atoms with Gasteiger partial charge in [0.25, 0.3) is 5.91 Å². The Morgan fingerprint density at radius 3 is 2.27 bits per heavy atom. The Hall–Kier alpha value is -4.70. The Morgan fingerprint density at radius 1 is 0.889 bits per heavy atom. The van der Waals surface area contributed by atoms with Crippen molar-refractivity contribution < 1.29 is 33.8 Å². The summed E-state index contributed by atoms with van der Waals surface area (Å²) < 4.78 is 10.5. The van der Waals surface area contributed by atoms with E-state index in [0.717, 1.165) is 21.9 Å². The van der Waals surface area contributed by atoms with Crippen molar-refractivity contribution in [3.05, 3.63) is 90.0 Å². The fourth-order valence-corrected chi connectivity index (χ4v) is 4.47. The number of nitrogens with one attached hydrogen (secondary N) is 3. The largest absolute Gasteiger partial charge is 0.460 e. The first-order valence-electron chi connectivity index (χ1n) is 15.1. The normalized spacial score (nSPS) is 13.4. The summed E-state index contributed by atoms with van der Waals surface area (Å²) in [5, 5.41) is 20.7. The van der Waals surface area contributed by atoms with Crippen LogP contribution >= 0.6 is 0 Å². The summed E-state index contributed by atoms with van der Waals surface area (Å²) in [4.78, 5) is 50.9. The molecular weight excluding hydrogens is 574 g/mol. The maximum atomic E-state index is 13.4. The smallest absolute Gasteiger partial charge is 0.408 e. The number of hydrogen-bond acceptors (Lipinski definition) is 7. The molecule has 0 fully saturated rings. The van der Waals surface area contributed by atoms with E-state index in [1.165, 1.54) is 0 Å². The lowest BCUT2D eigenvalue weighted by molar-refractivity contribution is -0.146. The highest BCUT2D eigenvalue weighted by atomic mass is 16.6. The fourth-order valence-electron chi connectivity index (χ4n) is 4.47. The van der Waals surface area contributed by atoms with Crippen molar-refractivity contribution in [3.8, 4) is 0 Å². The van der Waals surface area contributed by atoms with E-state index in [0.29, 0.717) is 6.42 Å². The molecule has 10 heteroatoms. The zero-order chi connectivity index (χ0) is 32.8. The Labute approximate surface area is 264 Å². The molecule has 0 radical (unpaired) electrons. The number of aliphatic hydroxyl groups excluding tert-OH is 1. The first-order valence-corrected chi connectivity index (χ1v) is 15.1. The van der Waals surface area contributed by atoms with Crippen LogP contribution in [0.25, 0.3) is 16.8 Å². The molecule has 0 bridgehead atoms. The van der Waals surface area contributed by atoms with E-state index < -0.39 is 54.2 Å². The third-order valence-corrected chi connectivity index (χ3v) is 6.69. The molecule has 0 aliphatic heterocycles. The first-order chi connectivity index (χ1) is 21.4. The van der Waals surface area contributed by atoms with Crippen molar-refractivity contribution in [3.63, 3.8) is 0 Å². The molecule has 0 aliphatic rings. The number of aliphatic hydroxyl groups is 1. The number of carbonyl (C=O) groups is 4. The zero-order valence-electron chi connectivity index (χ0n) is 26.2. The summed E-state index contributed by atoms with van der Waals surface area (Å²) in [6, 6.07) is 21.0. The Kier molecular flexibility index (Phi) is 13.1. The van der Waals surface area contributed by atoms with Gasteiger partial charge in [0.05, 0.1) is 6.04 Å². The van der Waals surface area contributed by atoms with Gasteiger partial charge in [0, 0.05) is 0 Å². The van der Waals surface area contributed by atoms with Crippen LogP contribution in [0.15, 0.2) is 78.9 Å². The van der Waals surface area contributed by atoms with Gasteiger partial charge in [-0.25, -0.2) is 4.79 Å². The van der Waals surface area contributed by atoms with Gasteiger partial charge < -0.3 is 30.5 Å². The molecule has 10 nitrogen and oxygen atoms in total. The molecule has 0 aliphatic carbocycles. The molecule has 45 heavy (non-hydrogen) atoms. The van der Waals surface area contributed by atoms with Gasteiger partial charge in [-0.15, -0.1) is 0 Å². The van der Waals surface area contributed by atoms with E-state index in [1.54, 1.807) is 39.0 Å². The lowest BCUT2D eigenvalue weighted by Crippen LogP contribution is -2.56. The van der Waals surface area contributed by atoms with Crippen molar-refractivity contribution in [1.82, 2.24) is 16.0 Å². The van der Waals surface area contributed by atoms with Crippen LogP contribution in [0.2, 0.25) is 0 Å². The number of rotatable bonds is 14. The summed E-state index contributed by atoms with van der Waals surface area (Å²) in [6.45, 7) is 6.58.